The van der Waals surface area contributed by atoms with Gasteiger partial charge >= 0.3 is 0 Å². The number of hydrogen-bond acceptors (Lipinski definition) is 4. The summed E-state index contributed by atoms with van der Waals surface area (Å²) in [7, 11) is 1.86. The molecule has 6 heteroatoms. The first kappa shape index (κ1) is 17.3. The van der Waals surface area contributed by atoms with E-state index < -0.39 is 0 Å². The second-order valence-corrected chi connectivity index (χ2v) is 6.39. The van der Waals surface area contributed by atoms with Crippen LogP contribution in [0, 0.1) is 5.92 Å². The molecule has 0 N–H and O–H groups in total. The molecule has 1 aromatic carbocycles. The second-order valence-electron chi connectivity index (χ2n) is 5.51. The molecule has 0 aliphatic carbocycles. The number of carbonyl (C=O) groups excluding carboxylic acids is 1. The van der Waals surface area contributed by atoms with E-state index in [0.29, 0.717) is 41.0 Å². The molecule has 1 aromatic heterocycles. The van der Waals surface area contributed by atoms with Crippen LogP contribution in [-0.2, 0) is 7.05 Å². The predicted molar refractivity (Wildman–Crippen MR) is 91.1 cm³/mol. The Hall–Kier alpha value is -2.08. The highest BCUT2D eigenvalue weighted by Gasteiger charge is 2.12. The number of carbonyl (C=O) groups is 1. The van der Waals surface area contributed by atoms with E-state index in [-0.39, 0.29) is 5.91 Å². The molecule has 0 fully saturated rings. The van der Waals surface area contributed by atoms with E-state index in [4.69, 9.17) is 9.47 Å². The van der Waals surface area contributed by atoms with Gasteiger partial charge in [0.15, 0.2) is 16.3 Å². The summed E-state index contributed by atoms with van der Waals surface area (Å²) >= 11 is 1.42. The Morgan fingerprint density at radius 1 is 1.30 bits per heavy atom. The molecular formula is C17H22N2O3S. The Kier molecular flexibility index (Phi) is 5.98. The van der Waals surface area contributed by atoms with Gasteiger partial charge in [-0.1, -0.05) is 13.8 Å². The van der Waals surface area contributed by atoms with Gasteiger partial charge in [-0.05, 0) is 31.0 Å². The van der Waals surface area contributed by atoms with Gasteiger partial charge in [-0.15, -0.1) is 11.3 Å². The number of aromatic nitrogens is 1. The first-order valence-corrected chi connectivity index (χ1v) is 8.48. The largest absolute Gasteiger partial charge is 0.490 e. The zero-order chi connectivity index (χ0) is 16.8. The molecule has 5 nitrogen and oxygen atoms in total. The third-order valence-corrected chi connectivity index (χ3v) is 3.87. The van der Waals surface area contributed by atoms with Crippen molar-refractivity contribution in [3.63, 3.8) is 0 Å². The molecule has 0 aliphatic heterocycles. The molecule has 1 amide bonds. The lowest BCUT2D eigenvalue weighted by atomic mass is 10.2. The number of aryl methyl sites for hydroxylation is 1. The number of amides is 1. The van der Waals surface area contributed by atoms with Crippen LogP contribution in [0.3, 0.4) is 0 Å². The summed E-state index contributed by atoms with van der Waals surface area (Å²) in [5.41, 5.74) is 0.485. The highest BCUT2D eigenvalue weighted by molar-refractivity contribution is 7.07. The van der Waals surface area contributed by atoms with Crippen LogP contribution in [0.15, 0.2) is 34.8 Å². The van der Waals surface area contributed by atoms with Crippen molar-refractivity contribution in [1.82, 2.24) is 4.57 Å². The lowest BCUT2D eigenvalue weighted by Gasteiger charge is -2.14. The minimum Gasteiger partial charge on any atom is -0.490 e. The van der Waals surface area contributed by atoms with Crippen LogP contribution in [0.25, 0.3) is 0 Å². The van der Waals surface area contributed by atoms with Gasteiger partial charge in [0.25, 0.3) is 5.91 Å². The summed E-state index contributed by atoms with van der Waals surface area (Å²) in [5, 5.41) is 1.89. The third-order valence-electron chi connectivity index (χ3n) is 3.02. The fourth-order valence-corrected chi connectivity index (χ4v) is 2.60. The Bertz CT molecular complexity index is 731. The van der Waals surface area contributed by atoms with Gasteiger partial charge in [0, 0.05) is 24.2 Å². The number of rotatable bonds is 6. The molecule has 23 heavy (non-hydrogen) atoms. The van der Waals surface area contributed by atoms with Crippen molar-refractivity contribution >= 4 is 17.2 Å². The molecular weight excluding hydrogens is 312 g/mol. The number of hydrogen-bond donors (Lipinski definition) is 0. The van der Waals surface area contributed by atoms with Crippen LogP contribution in [0.2, 0.25) is 0 Å². The van der Waals surface area contributed by atoms with Crippen molar-refractivity contribution in [2.45, 2.75) is 20.8 Å². The maximum Gasteiger partial charge on any atom is 0.279 e. The smallest absolute Gasteiger partial charge is 0.279 e. The fourth-order valence-electron chi connectivity index (χ4n) is 1.87. The standard InChI is InChI=1S/C17H22N2O3S/c1-5-21-15-10-13(6-7-14(15)22-11-12(2)3)16(20)18-17-19(4)8-9-23-17/h6-10,12H,5,11H2,1-4H3. The Balaban J connectivity index is 2.28. The molecule has 2 aromatic rings. The highest BCUT2D eigenvalue weighted by Crippen LogP contribution is 2.29. The lowest BCUT2D eigenvalue weighted by Crippen LogP contribution is -2.13. The molecule has 0 saturated carbocycles. The summed E-state index contributed by atoms with van der Waals surface area (Å²) < 4.78 is 13.2. The van der Waals surface area contributed by atoms with E-state index in [1.807, 2.05) is 30.1 Å². The van der Waals surface area contributed by atoms with Crippen molar-refractivity contribution in [2.75, 3.05) is 13.2 Å². The van der Waals surface area contributed by atoms with E-state index in [9.17, 15) is 4.79 Å². The highest BCUT2D eigenvalue weighted by atomic mass is 32.1. The van der Waals surface area contributed by atoms with Crippen LogP contribution < -0.4 is 14.3 Å². The van der Waals surface area contributed by atoms with Gasteiger partial charge in [0.2, 0.25) is 0 Å². The Morgan fingerprint density at radius 3 is 2.70 bits per heavy atom. The average molecular weight is 334 g/mol. The molecule has 0 saturated heterocycles. The topological polar surface area (TPSA) is 52.8 Å². The quantitative estimate of drug-likeness (QED) is 0.815. The first-order chi connectivity index (χ1) is 11.0. The van der Waals surface area contributed by atoms with Crippen LogP contribution in [0.1, 0.15) is 31.1 Å². The summed E-state index contributed by atoms with van der Waals surface area (Å²) in [6, 6.07) is 5.18. The van der Waals surface area contributed by atoms with Crippen molar-refractivity contribution in [3.8, 4) is 11.5 Å². The molecule has 124 valence electrons. The van der Waals surface area contributed by atoms with Gasteiger partial charge in [-0.3, -0.25) is 4.79 Å². The van der Waals surface area contributed by atoms with E-state index in [1.165, 1.54) is 11.3 Å². The summed E-state index contributed by atoms with van der Waals surface area (Å²) in [6.45, 7) is 7.17. The monoisotopic (exact) mass is 334 g/mol. The first-order valence-electron chi connectivity index (χ1n) is 7.60. The Morgan fingerprint density at radius 2 is 2.09 bits per heavy atom. The van der Waals surface area contributed by atoms with Crippen molar-refractivity contribution in [1.29, 1.82) is 0 Å². The van der Waals surface area contributed by atoms with E-state index >= 15 is 0 Å². The molecule has 1 heterocycles. The minimum atomic E-state index is -0.292. The number of nitrogens with zero attached hydrogens (tertiary/aromatic N) is 2. The Labute approximate surface area is 140 Å². The van der Waals surface area contributed by atoms with Crippen molar-refractivity contribution < 1.29 is 14.3 Å². The van der Waals surface area contributed by atoms with Gasteiger partial charge in [0.1, 0.15) is 0 Å². The van der Waals surface area contributed by atoms with Crippen molar-refractivity contribution in [3.05, 3.63) is 40.1 Å². The maximum absolute atomic E-state index is 12.3. The van der Waals surface area contributed by atoms with Gasteiger partial charge < -0.3 is 14.0 Å². The number of thiazole rings is 1. The maximum atomic E-state index is 12.3. The zero-order valence-electron chi connectivity index (χ0n) is 13.9. The van der Waals surface area contributed by atoms with Crippen LogP contribution in [0.5, 0.6) is 11.5 Å². The lowest BCUT2D eigenvalue weighted by molar-refractivity contribution is 0.0997. The SMILES string of the molecule is CCOc1cc(C(=O)N=c2sccn2C)ccc1OCC(C)C. The fraction of sp³-hybridized carbons (Fsp3) is 0.412. The molecule has 0 aliphatic rings. The van der Waals surface area contributed by atoms with Crippen LogP contribution in [-0.4, -0.2) is 23.7 Å². The average Bonchev–Trinajstić information content (AvgIpc) is 2.91. The van der Waals surface area contributed by atoms with Crippen LogP contribution >= 0.6 is 11.3 Å². The molecule has 0 radical (unpaired) electrons. The number of benzene rings is 1. The number of ether oxygens (including phenoxy) is 2. The summed E-state index contributed by atoms with van der Waals surface area (Å²) in [6.07, 6.45) is 1.87. The minimum absolute atomic E-state index is 0.292. The summed E-state index contributed by atoms with van der Waals surface area (Å²) in [4.78, 5) is 17.1. The molecule has 0 bridgehead atoms. The summed E-state index contributed by atoms with van der Waals surface area (Å²) in [5.74, 6) is 1.35. The van der Waals surface area contributed by atoms with Gasteiger partial charge in [-0.2, -0.15) is 4.99 Å². The molecule has 0 unspecified atom stereocenters. The normalized spacial score (nSPS) is 11.8. The third kappa shape index (κ3) is 4.69. The second kappa shape index (κ2) is 7.97. The van der Waals surface area contributed by atoms with E-state index in [0.717, 1.165) is 0 Å². The van der Waals surface area contributed by atoms with E-state index in [2.05, 4.69) is 18.8 Å². The predicted octanol–water partition coefficient (Wildman–Crippen LogP) is 3.26. The van der Waals surface area contributed by atoms with Gasteiger partial charge in [-0.25, -0.2) is 0 Å². The van der Waals surface area contributed by atoms with E-state index in [1.54, 1.807) is 18.2 Å². The van der Waals surface area contributed by atoms with Crippen molar-refractivity contribution in [2.24, 2.45) is 18.0 Å². The molecule has 2 rings (SSSR count). The van der Waals surface area contributed by atoms with Crippen LogP contribution in [0.4, 0.5) is 0 Å². The van der Waals surface area contributed by atoms with Gasteiger partial charge in [0.05, 0.1) is 13.2 Å². The molecule has 0 atom stereocenters. The zero-order valence-corrected chi connectivity index (χ0v) is 14.7. The molecule has 0 spiro atoms.